The fraction of sp³-hybridized carbons (Fsp3) is 0.778. The first kappa shape index (κ1) is 14.9. The highest BCUT2D eigenvalue weighted by molar-refractivity contribution is 8.18. The minimum absolute atomic E-state index is 0.200. The van der Waals surface area contributed by atoms with Gasteiger partial charge in [-0.3, -0.25) is 4.57 Å². The van der Waals surface area contributed by atoms with Crippen LogP contribution in [0.25, 0.3) is 0 Å². The number of rotatable bonds is 5. The molecule has 98 valence electrons. The van der Waals surface area contributed by atoms with Crippen molar-refractivity contribution in [3.05, 3.63) is 0 Å². The van der Waals surface area contributed by atoms with E-state index >= 15 is 0 Å². The number of quaternary nitrogens is 1. The molecule has 0 aromatic carbocycles. The highest BCUT2D eigenvalue weighted by Crippen LogP contribution is 2.58. The minimum atomic E-state index is -3.29. The van der Waals surface area contributed by atoms with E-state index in [0.717, 1.165) is 11.8 Å². The Morgan fingerprint density at radius 2 is 1.94 bits per heavy atom. The molecule has 17 heavy (non-hydrogen) atoms. The van der Waals surface area contributed by atoms with Crippen LogP contribution >= 0.6 is 19.4 Å². The predicted octanol–water partition coefficient (Wildman–Crippen LogP) is 1.59. The van der Waals surface area contributed by atoms with Crippen LogP contribution in [0.1, 0.15) is 27.7 Å². The maximum absolute atomic E-state index is 12.7. The maximum atomic E-state index is 12.7. The number of thioether (sulfide) groups is 1. The fourth-order valence-corrected chi connectivity index (χ4v) is 4.63. The third kappa shape index (κ3) is 4.52. The second-order valence-corrected chi connectivity index (χ2v) is 7.74. The molecule has 0 aromatic heterocycles. The minimum Gasteiger partial charge on any atom is -0.305 e. The first-order valence-electron chi connectivity index (χ1n) is 5.41. The molecule has 1 unspecified atom stereocenters. The molecule has 1 atom stereocenters. The average molecular weight is 280 g/mol. The van der Waals surface area contributed by atoms with Crippen LogP contribution < -0.4 is 5.43 Å². The smallest absolute Gasteiger partial charge is 0.305 e. The largest absolute Gasteiger partial charge is 0.350 e. The number of nitrogens with two attached hydrogens (primary N) is 1. The van der Waals surface area contributed by atoms with Crippen molar-refractivity contribution < 1.29 is 19.0 Å². The Morgan fingerprint density at radius 1 is 1.41 bits per heavy atom. The first-order chi connectivity index (χ1) is 7.83. The van der Waals surface area contributed by atoms with Crippen LogP contribution in [0.3, 0.4) is 0 Å². The van der Waals surface area contributed by atoms with E-state index in [4.69, 9.17) is 14.5 Å². The second kappa shape index (κ2) is 6.11. The van der Waals surface area contributed by atoms with Crippen LogP contribution in [0.5, 0.6) is 0 Å². The Kier molecular flexibility index (Phi) is 5.34. The van der Waals surface area contributed by atoms with Crippen LogP contribution in [0.2, 0.25) is 0 Å². The highest BCUT2D eigenvalue weighted by atomic mass is 32.2. The van der Waals surface area contributed by atoms with Gasteiger partial charge in [0.05, 0.1) is 18.4 Å². The molecule has 0 radical (unpaired) electrons. The zero-order valence-corrected chi connectivity index (χ0v) is 12.1. The van der Waals surface area contributed by atoms with Crippen molar-refractivity contribution in [1.29, 1.82) is 5.41 Å². The summed E-state index contributed by atoms with van der Waals surface area (Å²) in [6, 6.07) is 0. The van der Waals surface area contributed by atoms with Crippen molar-refractivity contribution in [2.24, 2.45) is 5.10 Å². The van der Waals surface area contributed by atoms with Gasteiger partial charge in [0.2, 0.25) is 0 Å². The van der Waals surface area contributed by atoms with Crippen LogP contribution in [0, 0.1) is 5.41 Å². The van der Waals surface area contributed by atoms with Gasteiger partial charge in [0.1, 0.15) is 0 Å². The zero-order valence-electron chi connectivity index (χ0n) is 10.4. The van der Waals surface area contributed by atoms with E-state index in [1.54, 1.807) is 27.7 Å². The van der Waals surface area contributed by atoms with Gasteiger partial charge in [0, 0.05) is 0 Å². The van der Waals surface area contributed by atoms with E-state index in [0.29, 0.717) is 0 Å². The van der Waals surface area contributed by atoms with Gasteiger partial charge in [-0.25, -0.2) is 5.41 Å². The molecule has 1 aliphatic rings. The van der Waals surface area contributed by atoms with Crippen molar-refractivity contribution in [2.45, 2.75) is 44.9 Å². The molecule has 1 rings (SSSR count). The predicted molar refractivity (Wildman–Crippen MR) is 69.6 cm³/mol. The number of hydrogen-bond donors (Lipinski definition) is 2. The molecule has 6 nitrogen and oxygen atoms in total. The van der Waals surface area contributed by atoms with Crippen LogP contribution in [-0.4, -0.2) is 28.6 Å². The lowest BCUT2D eigenvalue weighted by molar-refractivity contribution is -0.541. The van der Waals surface area contributed by atoms with Gasteiger partial charge in [0.15, 0.2) is 4.99 Å². The Morgan fingerprint density at radius 3 is 2.35 bits per heavy atom. The second-order valence-electron chi connectivity index (χ2n) is 4.15. The molecule has 0 fully saturated rings. The van der Waals surface area contributed by atoms with E-state index in [9.17, 15) is 4.57 Å². The third-order valence-corrected chi connectivity index (χ3v) is 5.68. The topological polar surface area (TPSA) is 88.3 Å². The van der Waals surface area contributed by atoms with Crippen LogP contribution in [-0.2, 0) is 13.6 Å². The summed E-state index contributed by atoms with van der Waals surface area (Å²) in [4.78, 5) is -0.537. The summed E-state index contributed by atoms with van der Waals surface area (Å²) in [7, 11) is -3.29. The third-order valence-electron chi connectivity index (χ3n) is 1.68. The fourth-order valence-electron chi connectivity index (χ4n) is 1.25. The lowest BCUT2D eigenvalue weighted by atomic mass is 10.5. The van der Waals surface area contributed by atoms with Gasteiger partial charge >= 0.3 is 7.60 Å². The molecule has 8 heteroatoms. The molecular weight excluding hydrogens is 261 g/mol. The molecule has 0 spiro atoms. The zero-order chi connectivity index (χ0) is 13.1. The Labute approximate surface area is 106 Å². The SMILES string of the molecule is CC(C)OP(=O)(OC(C)C)C1C=N[NH2+]C(=N)S1. The molecule has 0 bridgehead atoms. The van der Waals surface area contributed by atoms with E-state index < -0.39 is 12.6 Å². The highest BCUT2D eigenvalue weighted by Gasteiger charge is 2.41. The van der Waals surface area contributed by atoms with E-state index in [1.807, 2.05) is 0 Å². The van der Waals surface area contributed by atoms with Crippen molar-refractivity contribution in [3.8, 4) is 0 Å². The normalized spacial score (nSPS) is 21.5. The summed E-state index contributed by atoms with van der Waals surface area (Å²) < 4.78 is 23.6. The van der Waals surface area contributed by atoms with Crippen molar-refractivity contribution >= 4 is 30.7 Å². The van der Waals surface area contributed by atoms with Crippen molar-refractivity contribution in [1.82, 2.24) is 0 Å². The van der Waals surface area contributed by atoms with Crippen LogP contribution in [0.4, 0.5) is 0 Å². The summed E-state index contributed by atoms with van der Waals surface area (Å²) in [5.74, 6) is 0. The average Bonchev–Trinajstić information content (AvgIpc) is 2.14. The summed E-state index contributed by atoms with van der Waals surface area (Å²) >= 11 is 1.14. The van der Waals surface area contributed by atoms with E-state index in [2.05, 4.69) is 5.10 Å². The quantitative estimate of drug-likeness (QED) is 0.591. The Bertz CT molecular complexity index is 345. The molecule has 0 aliphatic carbocycles. The van der Waals surface area contributed by atoms with Crippen LogP contribution in [0.15, 0.2) is 5.10 Å². The van der Waals surface area contributed by atoms with Crippen molar-refractivity contribution in [3.63, 3.8) is 0 Å². The summed E-state index contributed by atoms with van der Waals surface area (Å²) in [6.07, 6.45) is 1.12. The van der Waals surface area contributed by atoms with E-state index in [-0.39, 0.29) is 17.4 Å². The van der Waals surface area contributed by atoms with Gasteiger partial charge in [-0.1, -0.05) is 5.10 Å². The molecule has 3 N–H and O–H groups in total. The molecular formula is C9H19N3O3PS+. The summed E-state index contributed by atoms with van der Waals surface area (Å²) in [6.45, 7) is 7.22. The van der Waals surface area contributed by atoms with Gasteiger partial charge in [-0.05, 0) is 39.5 Å². The lowest BCUT2D eigenvalue weighted by Gasteiger charge is -2.27. The monoisotopic (exact) mass is 280 g/mol. The van der Waals surface area contributed by atoms with Gasteiger partial charge in [-0.15, -0.1) is 0 Å². The molecule has 1 aliphatic heterocycles. The first-order valence-corrected chi connectivity index (χ1v) is 7.91. The van der Waals surface area contributed by atoms with Gasteiger partial charge < -0.3 is 9.05 Å². The van der Waals surface area contributed by atoms with Crippen molar-refractivity contribution in [2.75, 3.05) is 0 Å². The van der Waals surface area contributed by atoms with Gasteiger partial charge in [0.25, 0.3) is 5.17 Å². The van der Waals surface area contributed by atoms with Gasteiger partial charge in [-0.2, -0.15) is 5.43 Å². The lowest BCUT2D eigenvalue weighted by Crippen LogP contribution is -2.82. The number of nitrogens with one attached hydrogen (secondary N) is 1. The van der Waals surface area contributed by atoms with E-state index in [1.165, 1.54) is 11.6 Å². The summed E-state index contributed by atoms with van der Waals surface area (Å²) in [5, 5.41) is 11.7. The molecule has 0 aromatic rings. The molecule has 0 saturated heterocycles. The number of hydrogen-bond acceptors (Lipinski definition) is 6. The number of amidine groups is 1. The standard InChI is InChI=1S/C9H18N3O3PS/c1-6(2)14-16(13,15-7(3)4)8-5-11-12-9(10)17-8/h5-8H,1-4H3,(H2,10,12)/p+1. The maximum Gasteiger partial charge on any atom is 0.350 e. The summed E-state index contributed by atoms with van der Waals surface area (Å²) in [5.41, 5.74) is 1.41. The molecule has 0 amide bonds. The molecule has 1 heterocycles. The number of nitrogens with zero attached hydrogens (tertiary/aromatic N) is 1. The Balaban J connectivity index is 2.89. The molecule has 0 saturated carbocycles. The Hall–Kier alpha value is -0.200.